The van der Waals surface area contributed by atoms with Crippen molar-refractivity contribution < 1.29 is 4.79 Å². The minimum Gasteiger partial charge on any atom is -0.335 e. The summed E-state index contributed by atoms with van der Waals surface area (Å²) in [5, 5.41) is 5.95. The van der Waals surface area contributed by atoms with Gasteiger partial charge in [0.2, 0.25) is 0 Å². The number of anilines is 1. The molecule has 2 amide bonds. The second-order valence-electron chi connectivity index (χ2n) is 6.95. The Bertz CT molecular complexity index is 469. The molecule has 21 heavy (non-hydrogen) atoms. The largest absolute Gasteiger partial charge is 0.335 e. The van der Waals surface area contributed by atoms with Gasteiger partial charge >= 0.3 is 6.03 Å². The average Bonchev–Trinajstić information content (AvgIpc) is 2.42. The summed E-state index contributed by atoms with van der Waals surface area (Å²) in [5.74, 6) is 0. The molecule has 1 aliphatic rings. The summed E-state index contributed by atoms with van der Waals surface area (Å²) in [7, 11) is 0. The molecular weight excluding hydrogens is 262 g/mol. The van der Waals surface area contributed by atoms with Crippen LogP contribution in [0.1, 0.15) is 58.1 Å². The van der Waals surface area contributed by atoms with E-state index < -0.39 is 0 Å². The van der Waals surface area contributed by atoms with Crippen molar-refractivity contribution >= 4 is 11.7 Å². The van der Waals surface area contributed by atoms with Gasteiger partial charge in [0.25, 0.3) is 0 Å². The highest BCUT2D eigenvalue weighted by atomic mass is 16.2. The number of benzene rings is 1. The van der Waals surface area contributed by atoms with Crippen LogP contribution in [0.2, 0.25) is 0 Å². The van der Waals surface area contributed by atoms with E-state index in [2.05, 4.69) is 24.5 Å². The maximum atomic E-state index is 12.0. The molecule has 4 heteroatoms. The number of carbonyl (C=O) groups excluding carboxylic acids is 1. The lowest BCUT2D eigenvalue weighted by atomic mass is 9.76. The number of amides is 2. The third kappa shape index (κ3) is 4.74. The summed E-state index contributed by atoms with van der Waals surface area (Å²) >= 11 is 0. The molecule has 0 aliphatic heterocycles. The van der Waals surface area contributed by atoms with E-state index in [0.717, 1.165) is 24.1 Å². The van der Waals surface area contributed by atoms with E-state index in [-0.39, 0.29) is 12.1 Å². The number of hydrogen-bond acceptors (Lipinski definition) is 2. The number of rotatable bonds is 3. The van der Waals surface area contributed by atoms with Crippen molar-refractivity contribution in [3.8, 4) is 0 Å². The van der Waals surface area contributed by atoms with Gasteiger partial charge in [-0.3, -0.25) is 0 Å². The minimum absolute atomic E-state index is 0.0125. The van der Waals surface area contributed by atoms with Gasteiger partial charge in [0.05, 0.1) is 0 Å². The van der Waals surface area contributed by atoms with E-state index in [1.807, 2.05) is 31.2 Å². The van der Waals surface area contributed by atoms with Crippen LogP contribution < -0.4 is 16.4 Å². The van der Waals surface area contributed by atoms with Gasteiger partial charge in [0.15, 0.2) is 0 Å². The zero-order chi connectivity index (χ0) is 15.5. The fraction of sp³-hybridized carbons (Fsp3) is 0.588. The Balaban J connectivity index is 1.82. The predicted octanol–water partition coefficient (Wildman–Crippen LogP) is 3.80. The van der Waals surface area contributed by atoms with Gasteiger partial charge in [-0.1, -0.05) is 26.0 Å². The number of carbonyl (C=O) groups is 1. The second kappa shape index (κ2) is 6.48. The third-order valence-electron chi connectivity index (χ3n) is 4.37. The van der Waals surface area contributed by atoms with E-state index in [4.69, 9.17) is 5.73 Å². The molecule has 116 valence electrons. The van der Waals surface area contributed by atoms with Crippen molar-refractivity contribution in [3.63, 3.8) is 0 Å². The molecule has 1 aromatic rings. The SMILES string of the molecule is CC(N)c1ccc(NC(=O)NC2CCC(C)(C)CC2)cc1. The molecule has 0 aromatic heterocycles. The molecule has 2 rings (SSSR count). The topological polar surface area (TPSA) is 67.1 Å². The van der Waals surface area contributed by atoms with Gasteiger partial charge in [-0.15, -0.1) is 0 Å². The maximum absolute atomic E-state index is 12.0. The standard InChI is InChI=1S/C17H27N3O/c1-12(18)13-4-6-14(7-5-13)19-16(21)20-15-8-10-17(2,3)11-9-15/h4-7,12,15H,8-11,18H2,1-3H3,(H2,19,20,21). The first-order valence-electron chi connectivity index (χ1n) is 7.79. The van der Waals surface area contributed by atoms with Gasteiger partial charge in [-0.05, 0) is 55.7 Å². The normalized spacial score (nSPS) is 19.8. The molecule has 0 heterocycles. The molecule has 0 saturated heterocycles. The molecule has 1 aromatic carbocycles. The highest BCUT2D eigenvalue weighted by molar-refractivity contribution is 5.89. The quantitative estimate of drug-likeness (QED) is 0.792. The van der Waals surface area contributed by atoms with E-state index in [9.17, 15) is 4.79 Å². The zero-order valence-corrected chi connectivity index (χ0v) is 13.3. The van der Waals surface area contributed by atoms with Crippen LogP contribution in [0.25, 0.3) is 0 Å². The van der Waals surface area contributed by atoms with E-state index in [1.165, 1.54) is 12.8 Å². The Morgan fingerprint density at radius 3 is 2.33 bits per heavy atom. The lowest BCUT2D eigenvalue weighted by molar-refractivity contribution is 0.202. The zero-order valence-electron chi connectivity index (χ0n) is 13.3. The van der Waals surface area contributed by atoms with Gasteiger partial charge in [-0.25, -0.2) is 4.79 Å². The molecule has 1 saturated carbocycles. The third-order valence-corrected chi connectivity index (χ3v) is 4.37. The fourth-order valence-electron chi connectivity index (χ4n) is 2.77. The summed E-state index contributed by atoms with van der Waals surface area (Å²) in [4.78, 5) is 12.0. The second-order valence-corrected chi connectivity index (χ2v) is 6.95. The molecule has 1 unspecified atom stereocenters. The fourth-order valence-corrected chi connectivity index (χ4v) is 2.77. The van der Waals surface area contributed by atoms with Crippen LogP contribution in [-0.2, 0) is 0 Å². The number of nitrogens with one attached hydrogen (secondary N) is 2. The van der Waals surface area contributed by atoms with E-state index >= 15 is 0 Å². The highest BCUT2D eigenvalue weighted by Crippen LogP contribution is 2.34. The van der Waals surface area contributed by atoms with Crippen LogP contribution in [-0.4, -0.2) is 12.1 Å². The number of hydrogen-bond donors (Lipinski definition) is 3. The maximum Gasteiger partial charge on any atom is 0.319 e. The number of nitrogens with two attached hydrogens (primary N) is 1. The minimum atomic E-state index is -0.117. The average molecular weight is 289 g/mol. The Labute approximate surface area is 127 Å². The number of urea groups is 1. The summed E-state index contributed by atoms with van der Waals surface area (Å²) in [6.07, 6.45) is 4.45. The highest BCUT2D eigenvalue weighted by Gasteiger charge is 2.27. The molecular formula is C17H27N3O. The van der Waals surface area contributed by atoms with Crippen LogP contribution in [0.4, 0.5) is 10.5 Å². The van der Waals surface area contributed by atoms with E-state index in [1.54, 1.807) is 0 Å². The van der Waals surface area contributed by atoms with Crippen molar-refractivity contribution in [2.24, 2.45) is 11.1 Å². The smallest absolute Gasteiger partial charge is 0.319 e. The summed E-state index contributed by atoms with van der Waals surface area (Å²) in [6, 6.07) is 7.87. The van der Waals surface area contributed by atoms with Gasteiger partial charge in [0, 0.05) is 17.8 Å². The van der Waals surface area contributed by atoms with Crippen LogP contribution in [0.3, 0.4) is 0 Å². The van der Waals surface area contributed by atoms with Crippen LogP contribution in [0.5, 0.6) is 0 Å². The summed E-state index contributed by atoms with van der Waals surface area (Å²) in [5.41, 5.74) is 8.10. The lowest BCUT2D eigenvalue weighted by Crippen LogP contribution is -2.41. The Kier molecular flexibility index (Phi) is 4.88. The summed E-state index contributed by atoms with van der Waals surface area (Å²) < 4.78 is 0. The monoisotopic (exact) mass is 289 g/mol. The predicted molar refractivity (Wildman–Crippen MR) is 87.2 cm³/mol. The Morgan fingerprint density at radius 1 is 1.24 bits per heavy atom. The molecule has 0 spiro atoms. The first-order valence-corrected chi connectivity index (χ1v) is 7.79. The van der Waals surface area contributed by atoms with Crippen molar-refractivity contribution in [2.75, 3.05) is 5.32 Å². The Hall–Kier alpha value is -1.55. The molecule has 0 bridgehead atoms. The molecule has 4 nitrogen and oxygen atoms in total. The van der Waals surface area contributed by atoms with Crippen molar-refractivity contribution in [1.82, 2.24) is 5.32 Å². The first kappa shape index (κ1) is 15.8. The Morgan fingerprint density at radius 2 is 1.81 bits per heavy atom. The molecule has 1 fully saturated rings. The van der Waals surface area contributed by atoms with Crippen molar-refractivity contribution in [2.45, 2.75) is 58.5 Å². The van der Waals surface area contributed by atoms with Gasteiger partial charge in [-0.2, -0.15) is 0 Å². The van der Waals surface area contributed by atoms with Crippen molar-refractivity contribution in [1.29, 1.82) is 0 Å². The van der Waals surface area contributed by atoms with Crippen molar-refractivity contribution in [3.05, 3.63) is 29.8 Å². The van der Waals surface area contributed by atoms with Gasteiger partial charge < -0.3 is 16.4 Å². The molecule has 4 N–H and O–H groups in total. The molecule has 1 aliphatic carbocycles. The van der Waals surface area contributed by atoms with Gasteiger partial charge in [0.1, 0.15) is 0 Å². The lowest BCUT2D eigenvalue weighted by Gasteiger charge is -2.34. The molecule has 0 radical (unpaired) electrons. The molecule has 1 atom stereocenters. The summed E-state index contributed by atoms with van der Waals surface area (Å²) in [6.45, 7) is 6.53. The van der Waals surface area contributed by atoms with Crippen LogP contribution in [0.15, 0.2) is 24.3 Å². The van der Waals surface area contributed by atoms with Crippen LogP contribution >= 0.6 is 0 Å². The van der Waals surface area contributed by atoms with E-state index in [0.29, 0.717) is 11.5 Å². The first-order chi connectivity index (χ1) is 9.85. The van der Waals surface area contributed by atoms with Crippen LogP contribution in [0, 0.1) is 5.41 Å².